The molecular formula is C17H30Cl2N4O2. The van der Waals surface area contributed by atoms with Gasteiger partial charge in [0.1, 0.15) is 0 Å². The Morgan fingerprint density at radius 3 is 2.48 bits per heavy atom. The Bertz CT molecular complexity index is 600. The summed E-state index contributed by atoms with van der Waals surface area (Å²) in [5, 5.41) is 4.53. The first-order chi connectivity index (χ1) is 11.0. The molecule has 2 aliphatic heterocycles. The lowest BCUT2D eigenvalue weighted by Crippen LogP contribution is -2.50. The fraction of sp³-hybridized carbons (Fsp3) is 0.765. The molecule has 2 fully saturated rings. The van der Waals surface area contributed by atoms with Crippen LogP contribution in [0.2, 0.25) is 0 Å². The minimum absolute atomic E-state index is 0. The minimum atomic E-state index is -0.440. The zero-order chi connectivity index (χ0) is 16.6. The van der Waals surface area contributed by atoms with Crippen LogP contribution in [0.3, 0.4) is 0 Å². The van der Waals surface area contributed by atoms with Gasteiger partial charge < -0.3 is 15.4 Å². The van der Waals surface area contributed by atoms with E-state index in [9.17, 15) is 4.79 Å². The summed E-state index contributed by atoms with van der Waals surface area (Å²) < 4.78 is 7.37. The molecule has 0 radical (unpaired) electrons. The number of ether oxygens (including phenoxy) is 1. The first kappa shape index (κ1) is 22.2. The van der Waals surface area contributed by atoms with Crippen molar-refractivity contribution < 1.29 is 9.53 Å². The van der Waals surface area contributed by atoms with Crippen molar-refractivity contribution in [1.29, 1.82) is 0 Å². The third kappa shape index (κ3) is 3.82. The Balaban J connectivity index is 0.00000156. The van der Waals surface area contributed by atoms with Gasteiger partial charge in [0.05, 0.1) is 17.2 Å². The largest absolute Gasteiger partial charge is 0.381 e. The number of nitrogens with two attached hydrogens (primary N) is 1. The van der Waals surface area contributed by atoms with Gasteiger partial charge in [-0.25, -0.2) is 0 Å². The average molecular weight is 393 g/mol. The molecule has 0 aromatic carbocycles. The summed E-state index contributed by atoms with van der Waals surface area (Å²) in [5.41, 5.74) is 9.00. The maximum absolute atomic E-state index is 13.3. The molecule has 0 bridgehead atoms. The molecular weight excluding hydrogens is 363 g/mol. The Morgan fingerprint density at radius 1 is 1.32 bits per heavy atom. The maximum atomic E-state index is 13.3. The van der Waals surface area contributed by atoms with Gasteiger partial charge in [-0.05, 0) is 39.5 Å². The van der Waals surface area contributed by atoms with Gasteiger partial charge in [-0.3, -0.25) is 9.48 Å². The second-order valence-electron chi connectivity index (χ2n) is 6.96. The summed E-state index contributed by atoms with van der Waals surface area (Å²) in [4.78, 5) is 15.4. The highest BCUT2D eigenvalue weighted by molar-refractivity contribution is 5.85. The number of likely N-dealkylation sites (tertiary alicyclic amines) is 1. The van der Waals surface area contributed by atoms with Crippen molar-refractivity contribution in [3.05, 3.63) is 17.0 Å². The van der Waals surface area contributed by atoms with E-state index >= 15 is 0 Å². The molecule has 0 spiro atoms. The molecule has 25 heavy (non-hydrogen) atoms. The van der Waals surface area contributed by atoms with E-state index in [1.165, 1.54) is 5.56 Å². The topological polar surface area (TPSA) is 73.4 Å². The van der Waals surface area contributed by atoms with E-state index in [0.29, 0.717) is 19.8 Å². The second kappa shape index (κ2) is 8.71. The van der Waals surface area contributed by atoms with E-state index in [-0.39, 0.29) is 36.8 Å². The van der Waals surface area contributed by atoms with Crippen LogP contribution < -0.4 is 5.73 Å². The standard InChI is InChI=1S/C17H28N4O2.2ClH/c1-12-15(13(2)20(3)19-12)14-5-4-8-21(14)16(22)17(11-18)6-9-23-10-7-17;;/h14H,4-11,18H2,1-3H3;2*1H. The summed E-state index contributed by atoms with van der Waals surface area (Å²) >= 11 is 0. The van der Waals surface area contributed by atoms with Gasteiger partial charge >= 0.3 is 0 Å². The number of carbonyl (C=O) groups is 1. The molecule has 2 N–H and O–H groups in total. The molecule has 3 heterocycles. The van der Waals surface area contributed by atoms with Crippen molar-refractivity contribution in [2.45, 2.75) is 45.6 Å². The maximum Gasteiger partial charge on any atom is 0.230 e. The summed E-state index contributed by atoms with van der Waals surface area (Å²) in [6.07, 6.45) is 3.52. The number of aromatic nitrogens is 2. The molecule has 1 atom stereocenters. The van der Waals surface area contributed by atoms with Crippen molar-refractivity contribution >= 4 is 30.7 Å². The smallest absolute Gasteiger partial charge is 0.230 e. The monoisotopic (exact) mass is 392 g/mol. The number of nitrogens with zero attached hydrogens (tertiary/aromatic N) is 3. The first-order valence-corrected chi connectivity index (χ1v) is 8.59. The van der Waals surface area contributed by atoms with Crippen molar-refractivity contribution in [1.82, 2.24) is 14.7 Å². The van der Waals surface area contributed by atoms with Gasteiger partial charge in [-0.2, -0.15) is 5.10 Å². The quantitative estimate of drug-likeness (QED) is 0.855. The fourth-order valence-electron chi connectivity index (χ4n) is 4.15. The summed E-state index contributed by atoms with van der Waals surface area (Å²) in [5.74, 6) is 0.216. The van der Waals surface area contributed by atoms with Gasteiger partial charge in [0.15, 0.2) is 0 Å². The number of hydrogen-bond donors (Lipinski definition) is 1. The molecule has 6 nitrogen and oxygen atoms in total. The van der Waals surface area contributed by atoms with Gasteiger partial charge in [0.25, 0.3) is 0 Å². The van der Waals surface area contributed by atoms with E-state index in [2.05, 4.69) is 16.9 Å². The molecule has 8 heteroatoms. The third-order valence-corrected chi connectivity index (χ3v) is 5.71. The fourth-order valence-corrected chi connectivity index (χ4v) is 4.15. The van der Waals surface area contributed by atoms with Crippen LogP contribution in [0.15, 0.2) is 0 Å². The summed E-state index contributed by atoms with van der Waals surface area (Å²) in [6.45, 7) is 6.61. The lowest BCUT2D eigenvalue weighted by atomic mass is 9.78. The minimum Gasteiger partial charge on any atom is -0.381 e. The lowest BCUT2D eigenvalue weighted by Gasteiger charge is -2.39. The van der Waals surface area contributed by atoms with Crippen LogP contribution in [0.25, 0.3) is 0 Å². The highest BCUT2D eigenvalue weighted by atomic mass is 35.5. The Morgan fingerprint density at radius 2 is 1.96 bits per heavy atom. The molecule has 0 saturated carbocycles. The van der Waals surface area contributed by atoms with Crippen LogP contribution >= 0.6 is 24.8 Å². The van der Waals surface area contributed by atoms with Gasteiger partial charge in [-0.15, -0.1) is 24.8 Å². The van der Waals surface area contributed by atoms with Gasteiger partial charge in [0.2, 0.25) is 5.91 Å². The lowest BCUT2D eigenvalue weighted by molar-refractivity contribution is -0.148. The molecule has 1 aromatic heterocycles. The SMILES string of the molecule is Cc1nn(C)c(C)c1C1CCCN1C(=O)C1(CN)CCOCC1.Cl.Cl. The molecule has 1 aromatic rings. The molecule has 1 unspecified atom stereocenters. The van der Waals surface area contributed by atoms with Crippen LogP contribution in [0, 0.1) is 19.3 Å². The molecule has 1 amide bonds. The van der Waals surface area contributed by atoms with Crippen LogP contribution in [-0.4, -0.2) is 46.9 Å². The highest BCUT2D eigenvalue weighted by Gasteiger charge is 2.45. The summed E-state index contributed by atoms with van der Waals surface area (Å²) in [6, 6.07) is 0.141. The second-order valence-corrected chi connectivity index (χ2v) is 6.96. The number of amides is 1. The van der Waals surface area contributed by atoms with Gasteiger partial charge in [0, 0.05) is 44.6 Å². The number of rotatable bonds is 3. The Kier molecular flexibility index (Phi) is 7.74. The number of aryl methyl sites for hydroxylation is 2. The van der Waals surface area contributed by atoms with Crippen LogP contribution in [0.5, 0.6) is 0 Å². The Hall–Kier alpha value is -0.820. The van der Waals surface area contributed by atoms with E-state index in [0.717, 1.165) is 43.6 Å². The number of hydrogen-bond acceptors (Lipinski definition) is 4. The van der Waals surface area contributed by atoms with Gasteiger partial charge in [-0.1, -0.05) is 0 Å². The van der Waals surface area contributed by atoms with E-state index < -0.39 is 5.41 Å². The first-order valence-electron chi connectivity index (χ1n) is 8.59. The van der Waals surface area contributed by atoms with Crippen molar-refractivity contribution in [3.63, 3.8) is 0 Å². The van der Waals surface area contributed by atoms with E-state index in [1.54, 1.807) is 0 Å². The normalized spacial score (nSPS) is 22.2. The molecule has 0 aliphatic carbocycles. The summed E-state index contributed by atoms with van der Waals surface area (Å²) in [7, 11) is 1.97. The highest BCUT2D eigenvalue weighted by Crippen LogP contribution is 2.40. The molecule has 3 rings (SSSR count). The zero-order valence-electron chi connectivity index (χ0n) is 15.3. The average Bonchev–Trinajstić information content (AvgIpc) is 3.12. The van der Waals surface area contributed by atoms with Crippen LogP contribution in [-0.2, 0) is 16.6 Å². The molecule has 144 valence electrons. The zero-order valence-corrected chi connectivity index (χ0v) is 16.9. The van der Waals surface area contributed by atoms with E-state index in [1.807, 2.05) is 18.7 Å². The predicted octanol–water partition coefficient (Wildman–Crippen LogP) is 2.30. The Labute approximate surface area is 162 Å². The third-order valence-electron chi connectivity index (χ3n) is 5.71. The number of halogens is 2. The predicted molar refractivity (Wildman–Crippen MR) is 102 cm³/mol. The molecule has 2 aliphatic rings. The van der Waals surface area contributed by atoms with E-state index in [4.69, 9.17) is 10.5 Å². The molecule has 2 saturated heterocycles. The number of carbonyl (C=O) groups excluding carboxylic acids is 1. The van der Waals surface area contributed by atoms with Crippen molar-refractivity contribution in [2.24, 2.45) is 18.2 Å². The van der Waals surface area contributed by atoms with Crippen LogP contribution in [0.4, 0.5) is 0 Å². The van der Waals surface area contributed by atoms with Crippen molar-refractivity contribution in [2.75, 3.05) is 26.3 Å². The van der Waals surface area contributed by atoms with Crippen molar-refractivity contribution in [3.8, 4) is 0 Å². The van der Waals surface area contributed by atoms with Crippen LogP contribution in [0.1, 0.15) is 48.7 Å².